The molecule has 0 aliphatic carbocycles. The van der Waals surface area contributed by atoms with Crippen LogP contribution in [0.4, 0.5) is 4.79 Å². The first-order valence-corrected chi connectivity index (χ1v) is 8.83. The van der Waals surface area contributed by atoms with Crippen LogP contribution in [-0.2, 0) is 20.9 Å². The fraction of sp³-hybridized carbons (Fsp3) is 0.526. The van der Waals surface area contributed by atoms with Crippen molar-refractivity contribution in [3.63, 3.8) is 0 Å². The van der Waals surface area contributed by atoms with Crippen LogP contribution in [0.5, 0.6) is 0 Å². The lowest BCUT2D eigenvalue weighted by Gasteiger charge is -2.26. The highest BCUT2D eigenvalue weighted by Gasteiger charge is 2.30. The predicted octanol–water partition coefficient (Wildman–Crippen LogP) is 1.95. The number of rotatable bonds is 9. The van der Waals surface area contributed by atoms with Crippen molar-refractivity contribution < 1.29 is 19.1 Å². The summed E-state index contributed by atoms with van der Waals surface area (Å²) in [5, 5.41) is 5.21. The lowest BCUT2D eigenvalue weighted by molar-refractivity contribution is -0.130. The number of carbonyl (C=O) groups excluding carboxylic acids is 3. The molecule has 0 unspecified atom stereocenters. The summed E-state index contributed by atoms with van der Waals surface area (Å²) in [6, 6.07) is 7.63. The summed E-state index contributed by atoms with van der Waals surface area (Å²) in [7, 11) is 0. The lowest BCUT2D eigenvalue weighted by Crippen LogP contribution is -2.56. The van der Waals surface area contributed by atoms with Gasteiger partial charge in [0, 0.05) is 0 Å². The largest absolute Gasteiger partial charge is 0.445 e. The molecule has 144 valence electrons. The fourth-order valence-corrected chi connectivity index (χ4v) is 2.40. The van der Waals surface area contributed by atoms with Crippen molar-refractivity contribution >= 4 is 17.9 Å². The highest BCUT2D eigenvalue weighted by molar-refractivity contribution is 5.91. The standard InChI is InChI=1S/C19H29N3O4/c1-5-13(4)16(17(20)23)21-18(24)15(12(2)3)22-19(25)26-11-14-9-7-6-8-10-14/h6-10,12-13,15-16H,5,11H2,1-4H3,(H2,20,23)(H,21,24)(H,22,25)/t13-,15-,16+/m1/s1. The van der Waals surface area contributed by atoms with E-state index < -0.39 is 30.0 Å². The highest BCUT2D eigenvalue weighted by Crippen LogP contribution is 2.10. The third-order valence-electron chi connectivity index (χ3n) is 4.25. The van der Waals surface area contributed by atoms with Crippen LogP contribution < -0.4 is 16.4 Å². The van der Waals surface area contributed by atoms with Crippen LogP contribution in [0.3, 0.4) is 0 Å². The van der Waals surface area contributed by atoms with Crippen LogP contribution in [0.2, 0.25) is 0 Å². The number of primary amides is 1. The van der Waals surface area contributed by atoms with E-state index in [1.54, 1.807) is 13.8 Å². The van der Waals surface area contributed by atoms with E-state index in [9.17, 15) is 14.4 Å². The number of benzene rings is 1. The Morgan fingerprint density at radius 3 is 2.15 bits per heavy atom. The minimum Gasteiger partial charge on any atom is -0.445 e. The van der Waals surface area contributed by atoms with Gasteiger partial charge in [-0.15, -0.1) is 0 Å². The number of alkyl carbamates (subject to hydrolysis) is 1. The summed E-state index contributed by atoms with van der Waals surface area (Å²) in [6.07, 6.45) is -0.00544. The van der Waals surface area contributed by atoms with Gasteiger partial charge in [0.15, 0.2) is 0 Å². The van der Waals surface area contributed by atoms with Gasteiger partial charge in [-0.25, -0.2) is 4.79 Å². The van der Waals surface area contributed by atoms with E-state index in [4.69, 9.17) is 10.5 Å². The van der Waals surface area contributed by atoms with E-state index in [2.05, 4.69) is 10.6 Å². The van der Waals surface area contributed by atoms with E-state index in [0.717, 1.165) is 5.56 Å². The molecule has 0 bridgehead atoms. The average molecular weight is 363 g/mol. The second kappa shape index (κ2) is 10.4. The number of ether oxygens (including phenoxy) is 1. The van der Waals surface area contributed by atoms with Crippen molar-refractivity contribution in [1.82, 2.24) is 10.6 Å². The maximum Gasteiger partial charge on any atom is 0.408 e. The summed E-state index contributed by atoms with van der Waals surface area (Å²) in [5.41, 5.74) is 6.23. The normalized spacial score (nSPS) is 14.2. The van der Waals surface area contributed by atoms with Crippen LogP contribution in [0.1, 0.15) is 39.7 Å². The van der Waals surface area contributed by atoms with Gasteiger partial charge < -0.3 is 21.1 Å². The van der Waals surface area contributed by atoms with Crippen LogP contribution in [0.15, 0.2) is 30.3 Å². The van der Waals surface area contributed by atoms with Crippen LogP contribution >= 0.6 is 0 Å². The monoisotopic (exact) mass is 363 g/mol. The van der Waals surface area contributed by atoms with Gasteiger partial charge in [0.05, 0.1) is 0 Å². The predicted molar refractivity (Wildman–Crippen MR) is 99.0 cm³/mol. The molecule has 1 aromatic rings. The Labute approximate surface area is 154 Å². The molecule has 0 fully saturated rings. The molecule has 0 aliphatic rings. The minimum absolute atomic E-state index is 0.103. The number of amides is 3. The number of nitrogens with one attached hydrogen (secondary N) is 2. The van der Waals surface area contributed by atoms with Gasteiger partial charge in [0.1, 0.15) is 18.7 Å². The Morgan fingerprint density at radius 2 is 1.65 bits per heavy atom. The second-order valence-corrected chi connectivity index (χ2v) is 6.70. The zero-order valence-electron chi connectivity index (χ0n) is 15.8. The highest BCUT2D eigenvalue weighted by atomic mass is 16.5. The molecular weight excluding hydrogens is 334 g/mol. The third-order valence-corrected chi connectivity index (χ3v) is 4.25. The number of carbonyl (C=O) groups is 3. The van der Waals surface area contributed by atoms with Gasteiger partial charge in [-0.3, -0.25) is 9.59 Å². The molecule has 3 amide bonds. The Hall–Kier alpha value is -2.57. The molecule has 4 N–H and O–H groups in total. The minimum atomic E-state index is -0.829. The quantitative estimate of drug-likeness (QED) is 0.623. The molecule has 1 rings (SSSR count). The number of nitrogens with two attached hydrogens (primary N) is 1. The molecule has 0 spiro atoms. The molecule has 0 aromatic heterocycles. The molecule has 1 aromatic carbocycles. The van der Waals surface area contributed by atoms with E-state index in [-0.39, 0.29) is 18.4 Å². The summed E-state index contributed by atoms with van der Waals surface area (Å²) in [4.78, 5) is 36.2. The summed E-state index contributed by atoms with van der Waals surface area (Å²) in [6.45, 7) is 7.44. The molecular formula is C19H29N3O4. The first-order valence-electron chi connectivity index (χ1n) is 8.83. The second-order valence-electron chi connectivity index (χ2n) is 6.70. The van der Waals surface area contributed by atoms with Crippen molar-refractivity contribution in [3.05, 3.63) is 35.9 Å². The van der Waals surface area contributed by atoms with Crippen LogP contribution in [-0.4, -0.2) is 30.0 Å². The van der Waals surface area contributed by atoms with Gasteiger partial charge in [0.2, 0.25) is 11.8 Å². The molecule has 3 atom stereocenters. The summed E-state index contributed by atoms with van der Waals surface area (Å²) < 4.78 is 5.16. The van der Waals surface area contributed by atoms with Crippen molar-refractivity contribution in [3.8, 4) is 0 Å². The van der Waals surface area contributed by atoms with Gasteiger partial charge in [-0.05, 0) is 17.4 Å². The van der Waals surface area contributed by atoms with Crippen molar-refractivity contribution in [2.45, 2.75) is 52.8 Å². The Balaban J connectivity index is 2.67. The maximum atomic E-state index is 12.5. The SMILES string of the molecule is CC[C@@H](C)[C@H](NC(=O)[C@H](NC(=O)OCc1ccccc1)C(C)C)C(N)=O. The van der Waals surface area contributed by atoms with Gasteiger partial charge in [0.25, 0.3) is 0 Å². The van der Waals surface area contributed by atoms with Gasteiger partial charge >= 0.3 is 6.09 Å². The number of hydrogen-bond acceptors (Lipinski definition) is 4. The molecule has 0 radical (unpaired) electrons. The van der Waals surface area contributed by atoms with E-state index in [0.29, 0.717) is 6.42 Å². The molecule has 0 heterocycles. The third kappa shape index (κ3) is 6.74. The molecule has 7 heteroatoms. The first kappa shape index (κ1) is 21.5. The van der Waals surface area contributed by atoms with E-state index in [1.165, 1.54) is 0 Å². The molecule has 26 heavy (non-hydrogen) atoms. The first-order chi connectivity index (χ1) is 12.3. The smallest absolute Gasteiger partial charge is 0.408 e. The zero-order valence-corrected chi connectivity index (χ0v) is 15.8. The van der Waals surface area contributed by atoms with Crippen molar-refractivity contribution in [1.29, 1.82) is 0 Å². The van der Waals surface area contributed by atoms with E-state index >= 15 is 0 Å². The molecule has 0 saturated heterocycles. The topological polar surface area (TPSA) is 111 Å². The average Bonchev–Trinajstić information content (AvgIpc) is 2.61. The van der Waals surface area contributed by atoms with Gasteiger partial charge in [-0.2, -0.15) is 0 Å². The zero-order chi connectivity index (χ0) is 19.7. The fourth-order valence-electron chi connectivity index (χ4n) is 2.40. The van der Waals surface area contributed by atoms with Crippen molar-refractivity contribution in [2.75, 3.05) is 0 Å². The Kier molecular flexibility index (Phi) is 8.61. The summed E-state index contributed by atoms with van der Waals surface area (Å²) in [5.74, 6) is -1.35. The van der Waals surface area contributed by atoms with E-state index in [1.807, 2.05) is 44.2 Å². The van der Waals surface area contributed by atoms with Crippen molar-refractivity contribution in [2.24, 2.45) is 17.6 Å². The molecule has 0 aliphatic heterocycles. The molecule has 7 nitrogen and oxygen atoms in total. The van der Waals surface area contributed by atoms with Crippen LogP contribution in [0.25, 0.3) is 0 Å². The summed E-state index contributed by atoms with van der Waals surface area (Å²) >= 11 is 0. The Bertz CT molecular complexity index is 604. The van der Waals surface area contributed by atoms with Crippen LogP contribution in [0, 0.1) is 11.8 Å². The number of hydrogen-bond donors (Lipinski definition) is 3. The molecule has 0 saturated carbocycles. The maximum absolute atomic E-state index is 12.5. The Morgan fingerprint density at radius 1 is 1.04 bits per heavy atom. The van der Waals surface area contributed by atoms with Gasteiger partial charge in [-0.1, -0.05) is 64.4 Å². The lowest BCUT2D eigenvalue weighted by atomic mass is 9.97.